The molecule has 1 aromatic carbocycles. The number of benzene rings is 1. The Kier molecular flexibility index (Phi) is 6.37. The SMILES string of the molecule is C#CCOc1cnc(C(=O)Nc2ccc(F)c([C@@]3(C)N=C(N)S[C@H](C)C3(F)F)c2)c(C)n1. The first-order valence-electron chi connectivity index (χ1n) is 9.40. The van der Waals surface area contributed by atoms with E-state index >= 15 is 8.78 Å². The highest BCUT2D eigenvalue weighted by molar-refractivity contribution is 8.14. The maximum Gasteiger partial charge on any atom is 0.288 e. The van der Waals surface area contributed by atoms with Crippen LogP contribution in [0.15, 0.2) is 29.4 Å². The topological polar surface area (TPSA) is 102 Å². The van der Waals surface area contributed by atoms with Crippen LogP contribution in [0.5, 0.6) is 5.88 Å². The number of rotatable bonds is 5. The third kappa shape index (κ3) is 4.23. The van der Waals surface area contributed by atoms with E-state index in [2.05, 4.69) is 26.2 Å². The first-order valence-corrected chi connectivity index (χ1v) is 10.3. The second-order valence-electron chi connectivity index (χ2n) is 7.19. The van der Waals surface area contributed by atoms with Crippen LogP contribution in [-0.4, -0.2) is 38.8 Å². The van der Waals surface area contributed by atoms with E-state index in [9.17, 15) is 9.18 Å². The number of carbonyl (C=O) groups is 1. The molecule has 0 saturated carbocycles. The van der Waals surface area contributed by atoms with Gasteiger partial charge in [-0.1, -0.05) is 17.7 Å². The number of hydrogen-bond acceptors (Lipinski definition) is 7. The van der Waals surface area contributed by atoms with Crippen molar-refractivity contribution in [1.82, 2.24) is 9.97 Å². The van der Waals surface area contributed by atoms with E-state index in [-0.39, 0.29) is 34.7 Å². The lowest BCUT2D eigenvalue weighted by Crippen LogP contribution is -2.52. The zero-order valence-electron chi connectivity index (χ0n) is 17.4. The number of nitrogens with two attached hydrogens (primary N) is 1. The molecule has 2 heterocycles. The molecule has 1 aliphatic rings. The van der Waals surface area contributed by atoms with Crippen molar-refractivity contribution in [1.29, 1.82) is 0 Å². The minimum absolute atomic E-state index is 0.00839. The van der Waals surface area contributed by atoms with Crippen LogP contribution in [0.1, 0.15) is 35.6 Å². The van der Waals surface area contributed by atoms with Crippen LogP contribution in [0.2, 0.25) is 0 Å². The molecular weight excluding hydrogens is 443 g/mol. The summed E-state index contributed by atoms with van der Waals surface area (Å²) in [4.78, 5) is 24.6. The average molecular weight is 463 g/mol. The maximum absolute atomic E-state index is 15.0. The molecule has 0 fully saturated rings. The van der Waals surface area contributed by atoms with Crippen LogP contribution in [0.3, 0.4) is 0 Å². The van der Waals surface area contributed by atoms with Gasteiger partial charge in [0, 0.05) is 11.3 Å². The average Bonchev–Trinajstić information content (AvgIpc) is 2.72. The zero-order chi connectivity index (χ0) is 23.7. The Balaban J connectivity index is 1.92. The molecule has 1 amide bonds. The second-order valence-corrected chi connectivity index (χ2v) is 8.55. The summed E-state index contributed by atoms with van der Waals surface area (Å²) in [5.74, 6) is -2.53. The van der Waals surface area contributed by atoms with Crippen LogP contribution in [0.4, 0.5) is 18.9 Å². The Morgan fingerprint density at radius 3 is 2.81 bits per heavy atom. The van der Waals surface area contributed by atoms with E-state index in [1.165, 1.54) is 19.2 Å². The molecule has 2 atom stereocenters. The van der Waals surface area contributed by atoms with Gasteiger partial charge in [0.1, 0.15) is 11.5 Å². The molecule has 11 heteroatoms. The molecule has 1 aromatic heterocycles. The smallest absolute Gasteiger partial charge is 0.288 e. The predicted molar refractivity (Wildman–Crippen MR) is 116 cm³/mol. The number of alkyl halides is 2. The number of nitrogens with one attached hydrogen (secondary N) is 1. The van der Waals surface area contributed by atoms with Crippen molar-refractivity contribution in [2.24, 2.45) is 10.7 Å². The van der Waals surface area contributed by atoms with Gasteiger partial charge in [-0.25, -0.2) is 28.1 Å². The van der Waals surface area contributed by atoms with Gasteiger partial charge in [-0.2, -0.15) is 0 Å². The van der Waals surface area contributed by atoms with Gasteiger partial charge < -0.3 is 15.8 Å². The van der Waals surface area contributed by atoms with Gasteiger partial charge in [-0.15, -0.1) is 6.42 Å². The van der Waals surface area contributed by atoms with Crippen molar-refractivity contribution in [3.8, 4) is 18.2 Å². The summed E-state index contributed by atoms with van der Waals surface area (Å²) in [6, 6.07) is 3.35. The number of halogens is 3. The Morgan fingerprint density at radius 2 is 2.16 bits per heavy atom. The molecule has 0 unspecified atom stereocenters. The first kappa shape index (κ1) is 23.4. The summed E-state index contributed by atoms with van der Waals surface area (Å²) < 4.78 is 49.9. The molecule has 3 rings (SSSR count). The number of thioether (sulfide) groups is 1. The van der Waals surface area contributed by atoms with Gasteiger partial charge >= 0.3 is 0 Å². The summed E-state index contributed by atoms with van der Waals surface area (Å²) in [6.45, 7) is 3.95. The summed E-state index contributed by atoms with van der Waals surface area (Å²) in [6.07, 6.45) is 6.35. The molecule has 7 nitrogen and oxygen atoms in total. The second kappa shape index (κ2) is 8.70. The maximum atomic E-state index is 15.0. The van der Waals surface area contributed by atoms with Crippen molar-refractivity contribution in [2.75, 3.05) is 11.9 Å². The van der Waals surface area contributed by atoms with Crippen LogP contribution < -0.4 is 15.8 Å². The number of aryl methyl sites for hydroxylation is 1. The molecule has 0 saturated heterocycles. The molecule has 0 bridgehead atoms. The number of terminal acetylenes is 1. The molecule has 32 heavy (non-hydrogen) atoms. The monoisotopic (exact) mass is 463 g/mol. The van der Waals surface area contributed by atoms with Gasteiger partial charge in [0.25, 0.3) is 11.8 Å². The quantitative estimate of drug-likeness (QED) is 0.658. The van der Waals surface area contributed by atoms with Crippen LogP contribution in [0.25, 0.3) is 0 Å². The van der Waals surface area contributed by atoms with E-state index < -0.39 is 34.0 Å². The number of carbonyl (C=O) groups excluding carboxylic acids is 1. The standard InChI is InChI=1S/C21H20F3N5O2S/c1-5-8-31-16-10-26-17(11(2)27-16)18(30)28-13-6-7-15(22)14(9-13)20(4)21(23,24)12(3)32-19(25)29-20/h1,6-7,9-10,12H,8H2,2-4H3,(H2,25,29)(H,28,30)/t12-,20-/m1/s1. The first-order chi connectivity index (χ1) is 15.0. The van der Waals surface area contributed by atoms with E-state index in [0.29, 0.717) is 0 Å². The lowest BCUT2D eigenvalue weighted by Gasteiger charge is -2.41. The van der Waals surface area contributed by atoms with Crippen LogP contribution in [0, 0.1) is 25.1 Å². The third-order valence-electron chi connectivity index (χ3n) is 4.98. The van der Waals surface area contributed by atoms with Crippen molar-refractivity contribution in [3.05, 3.63) is 47.2 Å². The minimum Gasteiger partial charge on any atom is -0.463 e. The van der Waals surface area contributed by atoms with Gasteiger partial charge in [0.15, 0.2) is 17.3 Å². The lowest BCUT2D eigenvalue weighted by molar-refractivity contribution is -0.0691. The number of nitrogens with zero attached hydrogens (tertiary/aromatic N) is 3. The van der Waals surface area contributed by atoms with Gasteiger partial charge in [0.2, 0.25) is 5.88 Å². The molecule has 0 aliphatic carbocycles. The third-order valence-corrected chi connectivity index (χ3v) is 5.97. The fourth-order valence-corrected chi connectivity index (χ4v) is 4.22. The minimum atomic E-state index is -3.40. The van der Waals surface area contributed by atoms with E-state index in [0.717, 1.165) is 30.8 Å². The fraction of sp³-hybridized carbons (Fsp3) is 0.333. The van der Waals surface area contributed by atoms with Crippen molar-refractivity contribution in [3.63, 3.8) is 0 Å². The molecule has 0 radical (unpaired) electrons. The normalized spacial score (nSPS) is 21.9. The Hall–Kier alpha value is -3.26. The zero-order valence-corrected chi connectivity index (χ0v) is 18.3. The summed E-state index contributed by atoms with van der Waals surface area (Å²) in [5, 5.41) is 1.23. The van der Waals surface area contributed by atoms with Crippen molar-refractivity contribution >= 4 is 28.5 Å². The molecule has 3 N–H and O–H groups in total. The van der Waals surface area contributed by atoms with Gasteiger partial charge in [0.05, 0.1) is 17.1 Å². The van der Waals surface area contributed by atoms with E-state index in [4.69, 9.17) is 16.9 Å². The van der Waals surface area contributed by atoms with Crippen molar-refractivity contribution in [2.45, 2.75) is 37.5 Å². The number of ether oxygens (including phenoxy) is 1. The number of amidine groups is 1. The van der Waals surface area contributed by atoms with Crippen molar-refractivity contribution < 1.29 is 22.7 Å². The van der Waals surface area contributed by atoms with Gasteiger partial charge in [-0.3, -0.25) is 4.79 Å². The van der Waals surface area contributed by atoms with E-state index in [1.807, 2.05) is 0 Å². The summed E-state index contributed by atoms with van der Waals surface area (Å²) in [7, 11) is 0. The summed E-state index contributed by atoms with van der Waals surface area (Å²) >= 11 is 0.720. The largest absolute Gasteiger partial charge is 0.463 e. The molecule has 168 valence electrons. The number of hydrogen-bond donors (Lipinski definition) is 2. The van der Waals surface area contributed by atoms with Gasteiger partial charge in [-0.05, 0) is 39.0 Å². The van der Waals surface area contributed by atoms with E-state index in [1.54, 1.807) is 6.92 Å². The van der Waals surface area contributed by atoms with Crippen LogP contribution >= 0.6 is 11.8 Å². The Morgan fingerprint density at radius 1 is 1.44 bits per heavy atom. The highest BCUT2D eigenvalue weighted by Gasteiger charge is 2.59. The Bertz CT molecular complexity index is 1130. The van der Waals surface area contributed by atoms with Crippen LogP contribution in [-0.2, 0) is 5.54 Å². The number of amides is 1. The fourth-order valence-electron chi connectivity index (χ4n) is 3.25. The molecule has 0 spiro atoms. The lowest BCUT2D eigenvalue weighted by atomic mass is 9.83. The number of aliphatic imine (C=N–C) groups is 1. The number of aromatic nitrogens is 2. The highest BCUT2D eigenvalue weighted by Crippen LogP contribution is 2.50. The molecular formula is C21H20F3N5O2S. The predicted octanol–water partition coefficient (Wildman–Crippen LogP) is 3.49. The highest BCUT2D eigenvalue weighted by atomic mass is 32.2. The number of anilines is 1. The molecule has 2 aromatic rings. The summed E-state index contributed by atoms with van der Waals surface area (Å²) in [5.41, 5.74) is 3.39. The molecule has 1 aliphatic heterocycles. The Labute approximate surface area is 187 Å².